The number of rotatable bonds is 8. The predicted molar refractivity (Wildman–Crippen MR) is 271 cm³/mol. The molecule has 12 rings (SSSR count). The minimum absolute atomic E-state index is 0.875. The molecule has 0 aliphatic rings. The SMILES string of the molecule is c1ccc(-c2ccc(-c3c(-c4cccc5oc6ccccc6c45)cccc3N(c3ccc(-c4ccccc4)cc3)c3ccc(-c4cc5ccccc5c5ccccc45)cc3)cc2)cc1. The van der Waals surface area contributed by atoms with E-state index in [1.165, 1.54) is 54.9 Å². The van der Waals surface area contributed by atoms with Crippen molar-refractivity contribution < 1.29 is 4.42 Å². The first-order chi connectivity index (χ1) is 31.7. The molecule has 2 heteroatoms. The number of fused-ring (bicyclic) bond motifs is 6. The molecule has 0 amide bonds. The van der Waals surface area contributed by atoms with E-state index in [-0.39, 0.29) is 0 Å². The van der Waals surface area contributed by atoms with Gasteiger partial charge < -0.3 is 9.32 Å². The first-order valence-corrected chi connectivity index (χ1v) is 21.9. The minimum Gasteiger partial charge on any atom is -0.456 e. The van der Waals surface area contributed by atoms with Gasteiger partial charge in [-0.1, -0.05) is 200 Å². The second kappa shape index (κ2) is 15.8. The first kappa shape index (κ1) is 37.3. The van der Waals surface area contributed by atoms with Crippen molar-refractivity contribution in [2.24, 2.45) is 0 Å². The van der Waals surface area contributed by atoms with Crippen molar-refractivity contribution in [1.82, 2.24) is 0 Å². The van der Waals surface area contributed by atoms with Crippen molar-refractivity contribution in [2.75, 3.05) is 4.90 Å². The molecule has 0 aliphatic carbocycles. The Hall–Kier alpha value is -8.46. The maximum absolute atomic E-state index is 6.48. The van der Waals surface area contributed by atoms with E-state index in [0.29, 0.717) is 0 Å². The molecule has 0 N–H and O–H groups in total. The molecule has 0 fully saturated rings. The number of furan rings is 1. The lowest BCUT2D eigenvalue weighted by molar-refractivity contribution is 0.669. The highest BCUT2D eigenvalue weighted by Crippen LogP contribution is 2.49. The van der Waals surface area contributed by atoms with E-state index < -0.39 is 0 Å². The number of benzene rings is 11. The van der Waals surface area contributed by atoms with Gasteiger partial charge in [0.2, 0.25) is 0 Å². The molecule has 1 heterocycles. The maximum atomic E-state index is 6.48. The van der Waals surface area contributed by atoms with Crippen LogP contribution in [0.2, 0.25) is 0 Å². The van der Waals surface area contributed by atoms with E-state index in [9.17, 15) is 0 Å². The maximum Gasteiger partial charge on any atom is 0.136 e. The topological polar surface area (TPSA) is 16.4 Å². The van der Waals surface area contributed by atoms with Crippen molar-refractivity contribution in [2.45, 2.75) is 0 Å². The average Bonchev–Trinajstić information content (AvgIpc) is 3.76. The Morgan fingerprint density at radius 2 is 0.766 bits per heavy atom. The number of para-hydroxylation sites is 1. The highest BCUT2D eigenvalue weighted by Gasteiger charge is 2.23. The van der Waals surface area contributed by atoms with E-state index >= 15 is 0 Å². The molecule has 11 aromatic carbocycles. The van der Waals surface area contributed by atoms with Gasteiger partial charge in [-0.05, 0) is 120 Å². The third kappa shape index (κ3) is 6.52. The van der Waals surface area contributed by atoms with Crippen molar-refractivity contribution in [3.8, 4) is 55.6 Å². The van der Waals surface area contributed by atoms with Crippen LogP contribution in [0.4, 0.5) is 17.1 Å². The number of hydrogen-bond donors (Lipinski definition) is 0. The minimum atomic E-state index is 0.875. The van der Waals surface area contributed by atoms with Crippen LogP contribution in [-0.2, 0) is 0 Å². The molecule has 0 bridgehead atoms. The van der Waals surface area contributed by atoms with Crippen LogP contribution in [0.25, 0.3) is 99.1 Å². The van der Waals surface area contributed by atoms with Crippen LogP contribution in [-0.4, -0.2) is 0 Å². The second-order valence-electron chi connectivity index (χ2n) is 16.4. The van der Waals surface area contributed by atoms with Gasteiger partial charge in [-0.3, -0.25) is 0 Å². The van der Waals surface area contributed by atoms with Crippen LogP contribution >= 0.6 is 0 Å². The highest BCUT2D eigenvalue weighted by molar-refractivity contribution is 6.15. The molecule has 1 aromatic heterocycles. The van der Waals surface area contributed by atoms with Gasteiger partial charge in [0.05, 0.1) is 5.69 Å². The molecular formula is C62H41NO. The van der Waals surface area contributed by atoms with E-state index in [0.717, 1.165) is 61.3 Å². The van der Waals surface area contributed by atoms with Crippen LogP contribution in [0.1, 0.15) is 0 Å². The Morgan fingerprint density at radius 3 is 1.45 bits per heavy atom. The lowest BCUT2D eigenvalue weighted by Gasteiger charge is -2.30. The monoisotopic (exact) mass is 815 g/mol. The van der Waals surface area contributed by atoms with E-state index in [1.807, 2.05) is 6.07 Å². The van der Waals surface area contributed by atoms with E-state index in [1.54, 1.807) is 0 Å². The van der Waals surface area contributed by atoms with E-state index in [2.05, 4.69) is 248 Å². The van der Waals surface area contributed by atoms with Crippen LogP contribution in [0.5, 0.6) is 0 Å². The fourth-order valence-electron chi connectivity index (χ4n) is 9.66. The summed E-state index contributed by atoms with van der Waals surface area (Å²) in [5, 5.41) is 7.24. The molecule has 0 saturated heterocycles. The Balaban J connectivity index is 1.08. The summed E-state index contributed by atoms with van der Waals surface area (Å²) in [5.74, 6) is 0. The summed E-state index contributed by atoms with van der Waals surface area (Å²) in [6.45, 7) is 0. The number of hydrogen-bond acceptors (Lipinski definition) is 2. The molecule has 0 saturated carbocycles. The summed E-state index contributed by atoms with van der Waals surface area (Å²) in [4.78, 5) is 2.43. The summed E-state index contributed by atoms with van der Waals surface area (Å²) in [7, 11) is 0. The van der Waals surface area contributed by atoms with Crippen molar-refractivity contribution >= 4 is 60.5 Å². The third-order valence-electron chi connectivity index (χ3n) is 12.7. The second-order valence-corrected chi connectivity index (χ2v) is 16.4. The largest absolute Gasteiger partial charge is 0.456 e. The van der Waals surface area contributed by atoms with Gasteiger partial charge in [-0.15, -0.1) is 0 Å². The number of nitrogens with zero attached hydrogens (tertiary/aromatic N) is 1. The fraction of sp³-hybridized carbons (Fsp3) is 0. The summed E-state index contributed by atoms with van der Waals surface area (Å²) < 4.78 is 6.48. The molecular weight excluding hydrogens is 775 g/mol. The Labute approximate surface area is 372 Å². The molecule has 0 atom stereocenters. The normalized spacial score (nSPS) is 11.4. The summed E-state index contributed by atoms with van der Waals surface area (Å²) >= 11 is 0. The molecule has 12 aromatic rings. The molecule has 2 nitrogen and oxygen atoms in total. The molecule has 0 spiro atoms. The third-order valence-corrected chi connectivity index (χ3v) is 12.7. The van der Waals surface area contributed by atoms with Gasteiger partial charge in [0, 0.05) is 27.7 Å². The van der Waals surface area contributed by atoms with Gasteiger partial charge >= 0.3 is 0 Å². The van der Waals surface area contributed by atoms with Crippen molar-refractivity contribution in [3.05, 3.63) is 249 Å². The Morgan fingerprint density at radius 1 is 0.281 bits per heavy atom. The lowest BCUT2D eigenvalue weighted by Crippen LogP contribution is -2.12. The van der Waals surface area contributed by atoms with Gasteiger partial charge in [0.1, 0.15) is 11.2 Å². The lowest BCUT2D eigenvalue weighted by atomic mass is 9.89. The summed E-state index contributed by atoms with van der Waals surface area (Å²) in [6, 6.07) is 89.7. The van der Waals surface area contributed by atoms with Crippen LogP contribution in [0.15, 0.2) is 253 Å². The molecule has 0 aliphatic heterocycles. The standard InChI is InChI=1S/C62H41NO/c1-3-15-42(16-4-1)44-29-31-47(32-30-44)61-54(55-25-14-28-60-62(55)56-23-11-12-27-59(56)64-60)24-13-26-58(61)63(49-37-33-45(34-38-49)43-17-5-2-6-18-43)50-39-35-46(36-40-50)57-41-48-19-7-8-20-51(48)52-21-9-10-22-53(52)57/h1-41H. The highest BCUT2D eigenvalue weighted by atomic mass is 16.3. The Kier molecular flexibility index (Phi) is 9.20. The van der Waals surface area contributed by atoms with Crippen LogP contribution < -0.4 is 4.90 Å². The van der Waals surface area contributed by atoms with Crippen LogP contribution in [0.3, 0.4) is 0 Å². The zero-order chi connectivity index (χ0) is 42.4. The molecule has 0 radical (unpaired) electrons. The summed E-state index contributed by atoms with van der Waals surface area (Å²) in [6.07, 6.45) is 0. The van der Waals surface area contributed by atoms with Gasteiger partial charge in [0.15, 0.2) is 0 Å². The quantitative estimate of drug-likeness (QED) is 0.142. The number of anilines is 3. The fourth-order valence-corrected chi connectivity index (χ4v) is 9.66. The molecule has 64 heavy (non-hydrogen) atoms. The zero-order valence-electron chi connectivity index (χ0n) is 35.0. The van der Waals surface area contributed by atoms with Crippen LogP contribution in [0, 0.1) is 0 Å². The Bertz CT molecular complexity index is 3630. The average molecular weight is 816 g/mol. The first-order valence-electron chi connectivity index (χ1n) is 21.9. The predicted octanol–water partition coefficient (Wildman–Crippen LogP) is 17.7. The molecule has 300 valence electrons. The van der Waals surface area contributed by atoms with Crippen molar-refractivity contribution in [3.63, 3.8) is 0 Å². The van der Waals surface area contributed by atoms with Gasteiger partial charge in [-0.2, -0.15) is 0 Å². The van der Waals surface area contributed by atoms with Gasteiger partial charge in [0.25, 0.3) is 0 Å². The zero-order valence-corrected chi connectivity index (χ0v) is 35.0. The van der Waals surface area contributed by atoms with Gasteiger partial charge in [-0.25, -0.2) is 0 Å². The van der Waals surface area contributed by atoms with Crippen molar-refractivity contribution in [1.29, 1.82) is 0 Å². The van der Waals surface area contributed by atoms with E-state index in [4.69, 9.17) is 4.42 Å². The molecule has 0 unspecified atom stereocenters. The summed E-state index contributed by atoms with van der Waals surface area (Å²) in [5.41, 5.74) is 16.6. The smallest absolute Gasteiger partial charge is 0.136 e.